The van der Waals surface area contributed by atoms with Crippen LogP contribution in [0, 0.1) is 11.3 Å². The van der Waals surface area contributed by atoms with Crippen LogP contribution in [0.1, 0.15) is 19.3 Å². The van der Waals surface area contributed by atoms with Crippen LogP contribution < -0.4 is 9.64 Å². The zero-order valence-electron chi connectivity index (χ0n) is 23.4. The number of hydrogen-bond donors (Lipinski definition) is 0. The second kappa shape index (κ2) is 11.9. The number of nitriles is 1. The second-order valence-corrected chi connectivity index (χ2v) is 11.1. The maximum absolute atomic E-state index is 12.5. The molecule has 0 aliphatic carbocycles. The van der Waals surface area contributed by atoms with Crippen LogP contribution in [-0.2, 0) is 4.79 Å². The summed E-state index contributed by atoms with van der Waals surface area (Å²) in [5.74, 6) is 0.484. The molecule has 2 atom stereocenters. The van der Waals surface area contributed by atoms with Crippen molar-refractivity contribution in [1.82, 2.24) is 29.7 Å². The van der Waals surface area contributed by atoms with Gasteiger partial charge in [-0.15, -0.1) is 0 Å². The van der Waals surface area contributed by atoms with Gasteiger partial charge in [-0.3, -0.25) is 9.78 Å². The van der Waals surface area contributed by atoms with Crippen LogP contribution in [0.2, 0.25) is 5.02 Å². The molecule has 1 aromatic carbocycles. The number of halogens is 1. The first kappa shape index (κ1) is 27.8. The first-order valence-electron chi connectivity index (χ1n) is 14.1. The maximum atomic E-state index is 12.5. The van der Waals surface area contributed by atoms with Gasteiger partial charge in [0.15, 0.2) is 5.65 Å². The molecule has 6 rings (SSSR count). The number of amides is 1. The van der Waals surface area contributed by atoms with Crippen LogP contribution in [0.15, 0.2) is 55.4 Å². The zero-order chi connectivity index (χ0) is 29.2. The molecule has 0 unspecified atom stereocenters. The summed E-state index contributed by atoms with van der Waals surface area (Å²) in [6.07, 6.45) is 7.24. The standard InChI is InChI=1S/C31H31ClN8O2/c1-3-27(41)40-15-14-39(18-21(40)11-12-33)30-23-9-10-26(24-17-34-16-20-6-4-8-25(32)28(20)24)35-29(23)36-31(37-30)42-19-22-7-5-13-38(22)2/h3-4,6,8-10,16-17,21-22H,1,5,7,11,13-15,18-19H2,2H3/t21-,22-/m0/s1. The van der Waals surface area contributed by atoms with Gasteiger partial charge in [0.25, 0.3) is 0 Å². The molecule has 10 nitrogen and oxygen atoms in total. The first-order chi connectivity index (χ1) is 20.5. The van der Waals surface area contributed by atoms with E-state index in [9.17, 15) is 10.1 Å². The van der Waals surface area contributed by atoms with Gasteiger partial charge in [-0.2, -0.15) is 15.2 Å². The molecule has 214 valence electrons. The fraction of sp³-hybridized carbons (Fsp3) is 0.355. The number of fused-ring (bicyclic) bond motifs is 2. The van der Waals surface area contributed by atoms with Crippen LogP contribution in [0.25, 0.3) is 33.1 Å². The molecule has 0 bridgehead atoms. The summed E-state index contributed by atoms with van der Waals surface area (Å²) in [7, 11) is 2.10. The Hall–Kier alpha value is -4.33. The van der Waals surface area contributed by atoms with Crippen LogP contribution in [0.5, 0.6) is 6.01 Å². The number of ether oxygens (including phenoxy) is 1. The normalized spacial score (nSPS) is 19.3. The Kier molecular flexibility index (Phi) is 7.87. The maximum Gasteiger partial charge on any atom is 0.320 e. The minimum atomic E-state index is -0.299. The molecule has 0 N–H and O–H groups in total. The fourth-order valence-corrected chi connectivity index (χ4v) is 6.19. The van der Waals surface area contributed by atoms with Crippen molar-refractivity contribution in [2.24, 2.45) is 0 Å². The van der Waals surface area contributed by atoms with E-state index in [-0.39, 0.29) is 24.4 Å². The van der Waals surface area contributed by atoms with E-state index in [1.807, 2.05) is 30.3 Å². The molecule has 0 saturated carbocycles. The summed E-state index contributed by atoms with van der Waals surface area (Å²) < 4.78 is 6.19. The summed E-state index contributed by atoms with van der Waals surface area (Å²) >= 11 is 6.61. The second-order valence-electron chi connectivity index (χ2n) is 10.7. The number of likely N-dealkylation sites (N-methyl/N-ethyl adjacent to an activating group) is 1. The predicted octanol–water partition coefficient (Wildman–Crippen LogP) is 4.48. The summed E-state index contributed by atoms with van der Waals surface area (Å²) in [4.78, 5) is 37.6. The van der Waals surface area contributed by atoms with Gasteiger partial charge in [0.1, 0.15) is 12.4 Å². The average Bonchev–Trinajstić information content (AvgIpc) is 3.43. The number of hydrogen-bond acceptors (Lipinski definition) is 9. The van der Waals surface area contributed by atoms with Crippen molar-refractivity contribution < 1.29 is 9.53 Å². The summed E-state index contributed by atoms with van der Waals surface area (Å²) in [5.41, 5.74) is 1.97. The van der Waals surface area contributed by atoms with Gasteiger partial charge in [-0.25, -0.2) is 4.98 Å². The first-order valence-corrected chi connectivity index (χ1v) is 14.4. The quantitative estimate of drug-likeness (QED) is 0.291. The highest BCUT2D eigenvalue weighted by molar-refractivity contribution is 6.36. The predicted molar refractivity (Wildman–Crippen MR) is 162 cm³/mol. The summed E-state index contributed by atoms with van der Waals surface area (Å²) in [6.45, 7) is 6.55. The number of likely N-dealkylation sites (tertiary alicyclic amines) is 1. The summed E-state index contributed by atoms with van der Waals surface area (Å²) in [6, 6.07) is 12.1. The Morgan fingerprint density at radius 2 is 2.05 bits per heavy atom. The third-order valence-electron chi connectivity index (χ3n) is 8.17. The fourth-order valence-electron chi connectivity index (χ4n) is 5.91. The minimum Gasteiger partial charge on any atom is -0.462 e. The van der Waals surface area contributed by atoms with Crippen LogP contribution in [-0.4, -0.2) is 87.6 Å². The van der Waals surface area contributed by atoms with Gasteiger partial charge in [0, 0.05) is 59.4 Å². The third-order valence-corrected chi connectivity index (χ3v) is 8.49. The number of carbonyl (C=O) groups excluding carboxylic acids is 1. The minimum absolute atomic E-state index is 0.180. The van der Waals surface area contributed by atoms with Crippen molar-refractivity contribution >= 4 is 45.1 Å². The third kappa shape index (κ3) is 5.33. The van der Waals surface area contributed by atoms with Gasteiger partial charge in [-0.05, 0) is 50.7 Å². The van der Waals surface area contributed by atoms with Crippen molar-refractivity contribution in [2.75, 3.05) is 44.7 Å². The molecular formula is C31H31ClN8O2. The Bertz CT molecular complexity index is 1700. The summed E-state index contributed by atoms with van der Waals surface area (Å²) in [5, 5.41) is 12.7. The molecular weight excluding hydrogens is 552 g/mol. The van der Waals surface area contributed by atoms with Gasteiger partial charge >= 0.3 is 6.01 Å². The van der Waals surface area contributed by atoms with Crippen molar-refractivity contribution in [2.45, 2.75) is 31.3 Å². The highest BCUT2D eigenvalue weighted by Gasteiger charge is 2.31. The largest absolute Gasteiger partial charge is 0.462 e. The number of anilines is 1. The zero-order valence-corrected chi connectivity index (χ0v) is 24.2. The molecule has 5 heterocycles. The molecule has 0 spiro atoms. The number of nitrogens with zero attached hydrogens (tertiary/aromatic N) is 8. The molecule has 2 saturated heterocycles. The molecule has 11 heteroatoms. The van der Waals surface area contributed by atoms with Crippen molar-refractivity contribution in [3.05, 3.63) is 60.4 Å². The van der Waals surface area contributed by atoms with E-state index in [2.05, 4.69) is 34.5 Å². The Balaban J connectivity index is 1.42. The average molecular weight is 583 g/mol. The van der Waals surface area contributed by atoms with Crippen LogP contribution in [0.3, 0.4) is 0 Å². The number of aromatic nitrogens is 4. The smallest absolute Gasteiger partial charge is 0.320 e. The van der Waals surface area contributed by atoms with Crippen LogP contribution in [0.4, 0.5) is 5.82 Å². The van der Waals surface area contributed by atoms with Gasteiger partial charge in [0.05, 0.1) is 29.6 Å². The van der Waals surface area contributed by atoms with Crippen molar-refractivity contribution in [1.29, 1.82) is 5.26 Å². The monoisotopic (exact) mass is 582 g/mol. The molecule has 3 aromatic heterocycles. The molecule has 2 fully saturated rings. The van der Waals surface area contributed by atoms with E-state index in [1.165, 1.54) is 6.08 Å². The number of benzene rings is 1. The van der Waals surface area contributed by atoms with Crippen molar-refractivity contribution in [3.8, 4) is 23.3 Å². The molecule has 1 amide bonds. The highest BCUT2D eigenvalue weighted by atomic mass is 35.5. The van der Waals surface area contributed by atoms with Gasteiger partial charge in [0.2, 0.25) is 5.91 Å². The molecule has 2 aliphatic heterocycles. The Labute approximate surface area is 249 Å². The van der Waals surface area contributed by atoms with Gasteiger partial charge in [-0.1, -0.05) is 30.3 Å². The van der Waals surface area contributed by atoms with E-state index in [4.69, 9.17) is 31.3 Å². The number of pyridine rings is 2. The lowest BCUT2D eigenvalue weighted by atomic mass is 10.0. The van der Waals surface area contributed by atoms with Gasteiger partial charge < -0.3 is 19.4 Å². The Morgan fingerprint density at radius 3 is 2.83 bits per heavy atom. The van der Waals surface area contributed by atoms with Crippen molar-refractivity contribution in [3.63, 3.8) is 0 Å². The van der Waals surface area contributed by atoms with E-state index in [0.717, 1.165) is 41.1 Å². The molecule has 0 radical (unpaired) electrons. The topological polar surface area (TPSA) is 111 Å². The van der Waals surface area contributed by atoms with E-state index >= 15 is 0 Å². The molecule has 42 heavy (non-hydrogen) atoms. The highest BCUT2D eigenvalue weighted by Crippen LogP contribution is 2.35. The number of piperazine rings is 1. The Morgan fingerprint density at radius 1 is 1.17 bits per heavy atom. The number of carbonyl (C=O) groups is 1. The lowest BCUT2D eigenvalue weighted by molar-refractivity contribution is -0.128. The van der Waals surface area contributed by atoms with E-state index in [1.54, 1.807) is 17.3 Å². The van der Waals surface area contributed by atoms with Crippen LogP contribution >= 0.6 is 11.6 Å². The van der Waals surface area contributed by atoms with E-state index < -0.39 is 0 Å². The van der Waals surface area contributed by atoms with E-state index in [0.29, 0.717) is 54.5 Å². The molecule has 2 aliphatic rings. The lowest BCUT2D eigenvalue weighted by Gasteiger charge is -2.41. The lowest BCUT2D eigenvalue weighted by Crippen LogP contribution is -2.55. The number of rotatable bonds is 7. The SMILES string of the molecule is C=CC(=O)N1CCN(c2nc(OC[C@@H]3CCCN3C)nc3nc(-c4cncc5cccc(Cl)c45)ccc23)C[C@@H]1CC#N. The molecule has 4 aromatic rings.